The first-order valence-electron chi connectivity index (χ1n) is 7.34. The van der Waals surface area contributed by atoms with Crippen molar-refractivity contribution in [2.24, 2.45) is 11.3 Å². The second kappa shape index (κ2) is 4.48. The molecule has 2 fully saturated rings. The molecule has 20 heavy (non-hydrogen) atoms. The minimum atomic E-state index is -0.298. The molecule has 4 heteroatoms. The quantitative estimate of drug-likeness (QED) is 0.825. The molecule has 1 aromatic carbocycles. The summed E-state index contributed by atoms with van der Waals surface area (Å²) in [6, 6.07) is 9.69. The highest BCUT2D eigenvalue weighted by Crippen LogP contribution is 2.44. The van der Waals surface area contributed by atoms with Gasteiger partial charge in [0.15, 0.2) is 0 Å². The lowest BCUT2D eigenvalue weighted by Crippen LogP contribution is -2.57. The topological polar surface area (TPSA) is 44.4 Å². The van der Waals surface area contributed by atoms with Crippen LogP contribution in [0.3, 0.4) is 0 Å². The van der Waals surface area contributed by atoms with E-state index in [0.29, 0.717) is 5.92 Å². The van der Waals surface area contributed by atoms with Gasteiger partial charge in [-0.05, 0) is 42.7 Å². The van der Waals surface area contributed by atoms with Crippen LogP contribution in [0.1, 0.15) is 40.0 Å². The van der Waals surface area contributed by atoms with Gasteiger partial charge < -0.3 is 5.32 Å². The van der Waals surface area contributed by atoms with Crippen LogP contribution in [-0.2, 0) is 0 Å². The highest BCUT2D eigenvalue weighted by Gasteiger charge is 2.49. The molecule has 1 aliphatic carbocycles. The molecule has 2 unspecified atom stereocenters. The van der Waals surface area contributed by atoms with Crippen LogP contribution in [0, 0.1) is 11.3 Å². The van der Waals surface area contributed by atoms with E-state index in [-0.39, 0.29) is 17.1 Å². The summed E-state index contributed by atoms with van der Waals surface area (Å²) in [5.41, 5.74) is 4.26. The van der Waals surface area contributed by atoms with Gasteiger partial charge in [0.25, 0.3) is 0 Å². The van der Waals surface area contributed by atoms with Gasteiger partial charge in [-0.1, -0.05) is 39.0 Å². The second-order valence-electron chi connectivity index (χ2n) is 7.15. The molecule has 0 bridgehead atoms. The first-order valence-corrected chi connectivity index (χ1v) is 7.34. The molecule has 1 saturated carbocycles. The Labute approximate surface area is 120 Å². The van der Waals surface area contributed by atoms with Crippen LogP contribution in [0.5, 0.6) is 0 Å². The first kappa shape index (κ1) is 13.4. The van der Waals surface area contributed by atoms with Gasteiger partial charge in [0, 0.05) is 0 Å². The standard InChI is InChI=1S/C16H23N3O/c1-12-9-15(2,3)11-16(10-12)17-14(20)19(18-16)13-7-5-4-6-8-13/h4-8,12,18H,9-11H2,1-3H3,(H,17,20). The molecule has 1 saturated heterocycles. The largest absolute Gasteiger partial charge is 0.338 e. The van der Waals surface area contributed by atoms with Crippen molar-refractivity contribution in [3.63, 3.8) is 0 Å². The van der Waals surface area contributed by atoms with E-state index in [2.05, 4.69) is 31.5 Å². The Morgan fingerprint density at radius 3 is 2.55 bits per heavy atom. The van der Waals surface area contributed by atoms with E-state index in [9.17, 15) is 4.79 Å². The van der Waals surface area contributed by atoms with Crippen LogP contribution in [0.15, 0.2) is 30.3 Å². The minimum Gasteiger partial charge on any atom is -0.317 e. The number of carbonyl (C=O) groups is 1. The predicted octanol–water partition coefficient (Wildman–Crippen LogP) is 3.26. The lowest BCUT2D eigenvalue weighted by Gasteiger charge is -2.45. The summed E-state index contributed by atoms with van der Waals surface area (Å²) in [6.45, 7) is 6.83. The Morgan fingerprint density at radius 2 is 1.90 bits per heavy atom. The highest BCUT2D eigenvalue weighted by atomic mass is 16.2. The third-order valence-corrected chi connectivity index (χ3v) is 4.27. The van der Waals surface area contributed by atoms with E-state index >= 15 is 0 Å². The number of hydrogen-bond donors (Lipinski definition) is 2. The molecule has 0 radical (unpaired) electrons. The fraction of sp³-hybridized carbons (Fsp3) is 0.562. The molecule has 2 amide bonds. The fourth-order valence-corrected chi connectivity index (χ4v) is 4.06. The summed E-state index contributed by atoms with van der Waals surface area (Å²) < 4.78 is 0. The Bertz CT molecular complexity index is 514. The molecule has 108 valence electrons. The predicted molar refractivity (Wildman–Crippen MR) is 80.1 cm³/mol. The Balaban J connectivity index is 1.86. The normalized spacial score (nSPS) is 32.5. The average Bonchev–Trinajstić information content (AvgIpc) is 2.63. The van der Waals surface area contributed by atoms with Gasteiger partial charge in [0.1, 0.15) is 5.66 Å². The van der Waals surface area contributed by atoms with E-state index < -0.39 is 0 Å². The monoisotopic (exact) mass is 273 g/mol. The molecular weight excluding hydrogens is 250 g/mol. The van der Waals surface area contributed by atoms with E-state index in [1.165, 1.54) is 6.42 Å². The number of carbonyl (C=O) groups excluding carboxylic acids is 1. The molecule has 1 aromatic rings. The van der Waals surface area contributed by atoms with Gasteiger partial charge in [0.05, 0.1) is 5.69 Å². The number of rotatable bonds is 1. The van der Waals surface area contributed by atoms with Crippen molar-refractivity contribution >= 4 is 11.7 Å². The van der Waals surface area contributed by atoms with Crippen molar-refractivity contribution in [2.75, 3.05) is 5.01 Å². The molecule has 2 N–H and O–H groups in total. The van der Waals surface area contributed by atoms with Crippen LogP contribution >= 0.6 is 0 Å². The van der Waals surface area contributed by atoms with Crippen molar-refractivity contribution in [3.8, 4) is 0 Å². The van der Waals surface area contributed by atoms with Crippen LogP contribution in [-0.4, -0.2) is 11.7 Å². The summed E-state index contributed by atoms with van der Waals surface area (Å²) in [6.07, 6.45) is 3.14. The summed E-state index contributed by atoms with van der Waals surface area (Å²) in [5.74, 6) is 0.599. The maximum Gasteiger partial charge on any atom is 0.338 e. The van der Waals surface area contributed by atoms with Gasteiger partial charge in [0.2, 0.25) is 0 Å². The zero-order valence-corrected chi connectivity index (χ0v) is 12.4. The summed E-state index contributed by atoms with van der Waals surface area (Å²) in [5, 5.41) is 4.83. The van der Waals surface area contributed by atoms with Gasteiger partial charge >= 0.3 is 6.03 Å². The summed E-state index contributed by atoms with van der Waals surface area (Å²) >= 11 is 0. The Hall–Kier alpha value is -1.55. The van der Waals surface area contributed by atoms with E-state index in [1.807, 2.05) is 30.3 Å². The van der Waals surface area contributed by atoms with Crippen molar-refractivity contribution in [1.82, 2.24) is 10.7 Å². The average molecular weight is 273 g/mol. The number of amides is 2. The Morgan fingerprint density at radius 1 is 1.20 bits per heavy atom. The molecule has 0 aromatic heterocycles. The lowest BCUT2D eigenvalue weighted by molar-refractivity contribution is 0.0812. The van der Waals surface area contributed by atoms with E-state index in [1.54, 1.807) is 5.01 Å². The maximum absolute atomic E-state index is 12.3. The van der Waals surface area contributed by atoms with Gasteiger partial charge in [-0.25, -0.2) is 15.2 Å². The number of anilines is 1. The molecule has 3 rings (SSSR count). The Kier molecular flexibility index (Phi) is 3.01. The number of para-hydroxylation sites is 1. The lowest BCUT2D eigenvalue weighted by atomic mass is 9.68. The van der Waals surface area contributed by atoms with Crippen molar-refractivity contribution in [1.29, 1.82) is 0 Å². The van der Waals surface area contributed by atoms with Gasteiger partial charge in [-0.2, -0.15) is 0 Å². The maximum atomic E-state index is 12.3. The second-order valence-corrected chi connectivity index (χ2v) is 7.15. The van der Waals surface area contributed by atoms with Crippen molar-refractivity contribution in [3.05, 3.63) is 30.3 Å². The summed E-state index contributed by atoms with van der Waals surface area (Å²) in [4.78, 5) is 12.3. The molecule has 2 aliphatic rings. The molecule has 1 heterocycles. The SMILES string of the molecule is CC1CC(C)(C)CC2(C1)NC(=O)N(c1ccccc1)N2. The molecule has 2 atom stereocenters. The third-order valence-electron chi connectivity index (χ3n) is 4.27. The summed E-state index contributed by atoms with van der Waals surface area (Å²) in [7, 11) is 0. The fourth-order valence-electron chi connectivity index (χ4n) is 4.06. The zero-order chi connectivity index (χ0) is 14.4. The molecule has 4 nitrogen and oxygen atoms in total. The van der Waals surface area contributed by atoms with Gasteiger partial charge in [-0.3, -0.25) is 0 Å². The number of nitrogens with one attached hydrogen (secondary N) is 2. The first-order chi connectivity index (χ1) is 9.39. The zero-order valence-electron chi connectivity index (χ0n) is 12.4. The molecular formula is C16H23N3O. The molecule has 1 spiro atoms. The van der Waals surface area contributed by atoms with Crippen LogP contribution in [0.2, 0.25) is 0 Å². The van der Waals surface area contributed by atoms with Crippen molar-refractivity contribution in [2.45, 2.75) is 45.7 Å². The minimum absolute atomic E-state index is 0.0545. The number of hydrazine groups is 1. The number of urea groups is 1. The van der Waals surface area contributed by atoms with Crippen LogP contribution in [0.25, 0.3) is 0 Å². The van der Waals surface area contributed by atoms with Crippen LogP contribution < -0.4 is 15.8 Å². The highest BCUT2D eigenvalue weighted by molar-refractivity contribution is 5.93. The third kappa shape index (κ3) is 2.40. The smallest absolute Gasteiger partial charge is 0.317 e. The van der Waals surface area contributed by atoms with Crippen molar-refractivity contribution < 1.29 is 4.79 Å². The number of nitrogens with zero attached hydrogens (tertiary/aromatic N) is 1. The molecule has 1 aliphatic heterocycles. The van der Waals surface area contributed by atoms with Gasteiger partial charge in [-0.15, -0.1) is 0 Å². The number of benzene rings is 1. The van der Waals surface area contributed by atoms with E-state index in [4.69, 9.17) is 0 Å². The number of hydrogen-bond acceptors (Lipinski definition) is 2. The van der Waals surface area contributed by atoms with E-state index in [0.717, 1.165) is 18.5 Å². The van der Waals surface area contributed by atoms with Crippen LogP contribution in [0.4, 0.5) is 10.5 Å².